The molecule has 138 valence electrons. The van der Waals surface area contributed by atoms with Gasteiger partial charge in [0.15, 0.2) is 11.5 Å². The summed E-state index contributed by atoms with van der Waals surface area (Å²) in [5, 5.41) is 15.8. The van der Waals surface area contributed by atoms with Crippen LogP contribution in [0.1, 0.15) is 16.1 Å². The molecule has 0 bridgehead atoms. The largest absolute Gasteiger partial charge is 0.347 e. The number of aromatic nitrogens is 3. The Morgan fingerprint density at radius 3 is 2.54 bits per heavy atom. The average molecular weight is 390 g/mol. The van der Waals surface area contributed by atoms with Crippen molar-refractivity contribution in [2.24, 2.45) is 0 Å². The fraction of sp³-hybridized carbons (Fsp3) is 0.0476. The maximum Gasteiger partial charge on any atom is 0.272 e. The van der Waals surface area contributed by atoms with Gasteiger partial charge in [0.2, 0.25) is 0 Å². The first-order chi connectivity index (χ1) is 13.7. The molecule has 2 N–H and O–H groups in total. The standard InChI is InChI=1S/C21H16ClN5O/c22-16-8-6-14(7-9-16)13-24-21(28)18-10-11-19(27-26-18)25-17-5-1-3-15-4-2-12-23-20(15)17/h1-12H,13H2,(H,24,28)(H,25,27). The predicted molar refractivity (Wildman–Crippen MR) is 110 cm³/mol. The van der Waals surface area contributed by atoms with Crippen LogP contribution in [-0.4, -0.2) is 21.1 Å². The van der Waals surface area contributed by atoms with Crippen LogP contribution in [0.5, 0.6) is 0 Å². The number of anilines is 2. The molecule has 4 rings (SSSR count). The molecule has 0 aliphatic heterocycles. The number of pyridine rings is 1. The molecule has 0 fully saturated rings. The number of carbonyl (C=O) groups is 1. The topological polar surface area (TPSA) is 79.8 Å². The molecule has 0 saturated carbocycles. The third-order valence-electron chi connectivity index (χ3n) is 4.16. The highest BCUT2D eigenvalue weighted by atomic mass is 35.5. The van der Waals surface area contributed by atoms with Crippen LogP contribution in [0.15, 0.2) is 72.9 Å². The van der Waals surface area contributed by atoms with E-state index in [0.717, 1.165) is 22.2 Å². The average Bonchev–Trinajstić information content (AvgIpc) is 2.74. The van der Waals surface area contributed by atoms with Crippen LogP contribution in [0, 0.1) is 0 Å². The molecule has 0 aliphatic carbocycles. The molecule has 0 aliphatic rings. The van der Waals surface area contributed by atoms with Crippen molar-refractivity contribution in [2.75, 3.05) is 5.32 Å². The number of rotatable bonds is 5. The third kappa shape index (κ3) is 4.07. The van der Waals surface area contributed by atoms with Gasteiger partial charge < -0.3 is 10.6 Å². The molecule has 0 radical (unpaired) electrons. The Kier molecular flexibility index (Phi) is 5.12. The highest BCUT2D eigenvalue weighted by molar-refractivity contribution is 6.30. The number of nitrogens with zero attached hydrogens (tertiary/aromatic N) is 3. The van der Waals surface area contributed by atoms with Gasteiger partial charge in [0.25, 0.3) is 5.91 Å². The molecule has 4 aromatic rings. The van der Waals surface area contributed by atoms with E-state index in [4.69, 9.17) is 11.6 Å². The lowest BCUT2D eigenvalue weighted by atomic mass is 10.2. The maximum atomic E-state index is 12.3. The summed E-state index contributed by atoms with van der Waals surface area (Å²) in [6, 6.07) is 20.4. The van der Waals surface area contributed by atoms with Crippen molar-refractivity contribution in [3.8, 4) is 0 Å². The van der Waals surface area contributed by atoms with Crippen LogP contribution < -0.4 is 10.6 Å². The van der Waals surface area contributed by atoms with Crippen LogP contribution in [0.4, 0.5) is 11.5 Å². The summed E-state index contributed by atoms with van der Waals surface area (Å²) in [4.78, 5) is 16.7. The van der Waals surface area contributed by atoms with Crippen molar-refractivity contribution < 1.29 is 4.79 Å². The van der Waals surface area contributed by atoms with E-state index in [-0.39, 0.29) is 11.6 Å². The number of benzene rings is 2. The lowest BCUT2D eigenvalue weighted by Gasteiger charge is -2.08. The molecule has 0 spiro atoms. The first-order valence-electron chi connectivity index (χ1n) is 8.66. The van der Waals surface area contributed by atoms with Gasteiger partial charge in [-0.25, -0.2) is 0 Å². The summed E-state index contributed by atoms with van der Waals surface area (Å²) >= 11 is 5.86. The van der Waals surface area contributed by atoms with Crippen molar-refractivity contribution in [3.05, 3.63) is 89.2 Å². The van der Waals surface area contributed by atoms with Gasteiger partial charge in [-0.05, 0) is 42.0 Å². The Bertz CT molecular complexity index is 1110. The minimum Gasteiger partial charge on any atom is -0.347 e. The zero-order chi connectivity index (χ0) is 19.3. The van der Waals surface area contributed by atoms with E-state index in [1.54, 1.807) is 30.5 Å². The number of carbonyl (C=O) groups excluding carboxylic acids is 1. The first-order valence-corrected chi connectivity index (χ1v) is 9.04. The molecule has 0 saturated heterocycles. The zero-order valence-electron chi connectivity index (χ0n) is 14.8. The highest BCUT2D eigenvalue weighted by Crippen LogP contribution is 2.23. The van der Waals surface area contributed by atoms with Gasteiger partial charge in [-0.3, -0.25) is 9.78 Å². The lowest BCUT2D eigenvalue weighted by molar-refractivity contribution is 0.0945. The van der Waals surface area contributed by atoms with Crippen LogP contribution >= 0.6 is 11.6 Å². The lowest BCUT2D eigenvalue weighted by Crippen LogP contribution is -2.24. The second kappa shape index (κ2) is 8.02. The summed E-state index contributed by atoms with van der Waals surface area (Å²) in [7, 11) is 0. The molecule has 28 heavy (non-hydrogen) atoms. The minimum atomic E-state index is -0.291. The van der Waals surface area contributed by atoms with E-state index in [2.05, 4.69) is 25.8 Å². The Morgan fingerprint density at radius 1 is 0.929 bits per heavy atom. The molecule has 2 heterocycles. The second-order valence-corrected chi connectivity index (χ2v) is 6.56. The van der Waals surface area contributed by atoms with Crippen LogP contribution in [0.25, 0.3) is 10.9 Å². The molecular weight excluding hydrogens is 374 g/mol. The minimum absolute atomic E-state index is 0.246. The Balaban J connectivity index is 1.43. The number of hydrogen-bond donors (Lipinski definition) is 2. The van der Waals surface area contributed by atoms with Crippen molar-refractivity contribution in [2.45, 2.75) is 6.54 Å². The normalized spacial score (nSPS) is 10.6. The smallest absolute Gasteiger partial charge is 0.272 e. The van der Waals surface area contributed by atoms with Crippen LogP contribution in [-0.2, 0) is 6.54 Å². The van der Waals surface area contributed by atoms with Crippen LogP contribution in [0.2, 0.25) is 5.02 Å². The van der Waals surface area contributed by atoms with Crippen LogP contribution in [0.3, 0.4) is 0 Å². The Hall–Kier alpha value is -3.51. The molecule has 0 atom stereocenters. The van der Waals surface area contributed by atoms with E-state index in [0.29, 0.717) is 17.4 Å². The van der Waals surface area contributed by atoms with E-state index < -0.39 is 0 Å². The first kappa shape index (κ1) is 17.9. The van der Waals surface area contributed by atoms with Crippen molar-refractivity contribution in [3.63, 3.8) is 0 Å². The zero-order valence-corrected chi connectivity index (χ0v) is 15.5. The Labute approximate surface area is 166 Å². The second-order valence-electron chi connectivity index (χ2n) is 6.12. The summed E-state index contributed by atoms with van der Waals surface area (Å²) in [5.41, 5.74) is 2.87. The van der Waals surface area contributed by atoms with Gasteiger partial charge in [0.1, 0.15) is 0 Å². The monoisotopic (exact) mass is 389 g/mol. The van der Waals surface area contributed by atoms with Crippen molar-refractivity contribution in [1.82, 2.24) is 20.5 Å². The van der Waals surface area contributed by atoms with Crippen molar-refractivity contribution >= 4 is 39.9 Å². The van der Waals surface area contributed by atoms with E-state index in [1.165, 1.54) is 0 Å². The number of fused-ring (bicyclic) bond motifs is 1. The number of halogens is 1. The number of hydrogen-bond acceptors (Lipinski definition) is 5. The molecule has 1 amide bonds. The van der Waals surface area contributed by atoms with Gasteiger partial charge in [0.05, 0.1) is 11.2 Å². The van der Waals surface area contributed by atoms with Gasteiger partial charge in [-0.15, -0.1) is 10.2 Å². The Morgan fingerprint density at radius 2 is 1.75 bits per heavy atom. The predicted octanol–water partition coefficient (Wildman–Crippen LogP) is 4.35. The van der Waals surface area contributed by atoms with E-state index in [9.17, 15) is 4.79 Å². The molecular formula is C21H16ClN5O. The summed E-state index contributed by atoms with van der Waals surface area (Å²) in [6.45, 7) is 0.388. The van der Waals surface area contributed by atoms with E-state index in [1.807, 2.05) is 42.5 Å². The summed E-state index contributed by atoms with van der Waals surface area (Å²) < 4.78 is 0. The fourth-order valence-electron chi connectivity index (χ4n) is 2.74. The van der Waals surface area contributed by atoms with Gasteiger partial charge in [-0.1, -0.05) is 41.9 Å². The third-order valence-corrected chi connectivity index (χ3v) is 4.41. The van der Waals surface area contributed by atoms with Gasteiger partial charge in [-0.2, -0.15) is 0 Å². The highest BCUT2D eigenvalue weighted by Gasteiger charge is 2.09. The summed E-state index contributed by atoms with van der Waals surface area (Å²) in [6.07, 6.45) is 1.74. The van der Waals surface area contributed by atoms with E-state index >= 15 is 0 Å². The molecule has 0 unspecified atom stereocenters. The molecule has 2 aromatic carbocycles. The number of amides is 1. The number of para-hydroxylation sites is 1. The maximum absolute atomic E-state index is 12.3. The molecule has 2 aromatic heterocycles. The fourth-order valence-corrected chi connectivity index (χ4v) is 2.86. The number of nitrogens with one attached hydrogen (secondary N) is 2. The molecule has 7 heteroatoms. The summed E-state index contributed by atoms with van der Waals surface area (Å²) in [5.74, 6) is 0.244. The SMILES string of the molecule is O=C(NCc1ccc(Cl)cc1)c1ccc(Nc2cccc3cccnc23)nn1. The van der Waals surface area contributed by atoms with Gasteiger partial charge in [0, 0.05) is 23.2 Å². The molecule has 6 nitrogen and oxygen atoms in total. The quantitative estimate of drug-likeness (QED) is 0.530. The van der Waals surface area contributed by atoms with Crippen molar-refractivity contribution in [1.29, 1.82) is 0 Å². The van der Waals surface area contributed by atoms with Gasteiger partial charge >= 0.3 is 0 Å².